The summed E-state index contributed by atoms with van der Waals surface area (Å²) in [7, 11) is 0. The van der Waals surface area contributed by atoms with Crippen LogP contribution in [-0.4, -0.2) is 35.9 Å². The van der Waals surface area contributed by atoms with Gasteiger partial charge in [-0.15, -0.1) is 0 Å². The molecule has 0 aliphatic heterocycles. The van der Waals surface area contributed by atoms with E-state index in [0.29, 0.717) is 13.0 Å². The summed E-state index contributed by atoms with van der Waals surface area (Å²) in [5.74, 6) is -0.0665. The van der Waals surface area contributed by atoms with E-state index >= 15 is 0 Å². The van der Waals surface area contributed by atoms with Gasteiger partial charge in [-0.05, 0) is 37.6 Å². The second-order valence-corrected chi connectivity index (χ2v) is 4.40. The van der Waals surface area contributed by atoms with Crippen LogP contribution in [0, 0.1) is 0 Å². The highest BCUT2D eigenvalue weighted by Gasteiger charge is 2.17. The lowest BCUT2D eigenvalue weighted by Crippen LogP contribution is -2.46. The van der Waals surface area contributed by atoms with Crippen molar-refractivity contribution in [2.75, 3.05) is 13.1 Å². The Morgan fingerprint density at radius 2 is 1.89 bits per heavy atom. The summed E-state index contributed by atoms with van der Waals surface area (Å²) in [6.07, 6.45) is 0.512. The van der Waals surface area contributed by atoms with Crippen molar-refractivity contribution in [3.05, 3.63) is 29.8 Å². The summed E-state index contributed by atoms with van der Waals surface area (Å²) < 4.78 is 0. The number of amides is 1. The standard InChI is InChI=1S/C14H20N2O3/c1-3-15-13(14(19)16-9-10(2)17)8-11-4-6-12(18)7-5-11/h4-7,13,15,18H,3,8-9H2,1-2H3,(H,16,19)/t13-/m0/s1. The van der Waals surface area contributed by atoms with Gasteiger partial charge in [-0.1, -0.05) is 19.1 Å². The molecule has 0 spiro atoms. The van der Waals surface area contributed by atoms with E-state index in [0.717, 1.165) is 5.56 Å². The minimum atomic E-state index is -0.381. The van der Waals surface area contributed by atoms with Crippen LogP contribution >= 0.6 is 0 Å². The molecule has 19 heavy (non-hydrogen) atoms. The van der Waals surface area contributed by atoms with Crippen LogP contribution in [0.3, 0.4) is 0 Å². The number of hydrogen-bond acceptors (Lipinski definition) is 4. The first kappa shape index (κ1) is 15.2. The van der Waals surface area contributed by atoms with Gasteiger partial charge in [-0.25, -0.2) is 0 Å². The maximum absolute atomic E-state index is 11.9. The van der Waals surface area contributed by atoms with Gasteiger partial charge in [0.1, 0.15) is 11.5 Å². The van der Waals surface area contributed by atoms with Crippen LogP contribution in [0.25, 0.3) is 0 Å². The molecular formula is C14H20N2O3. The topological polar surface area (TPSA) is 78.4 Å². The number of likely N-dealkylation sites (N-methyl/N-ethyl adjacent to an activating group) is 1. The lowest BCUT2D eigenvalue weighted by Gasteiger charge is -2.17. The van der Waals surface area contributed by atoms with Gasteiger partial charge in [-0.2, -0.15) is 0 Å². The SMILES string of the molecule is CCN[C@@H](Cc1ccc(O)cc1)C(=O)NCC(C)=O. The number of Topliss-reactive ketones (excluding diaryl/α,β-unsaturated/α-hetero) is 1. The molecule has 0 aliphatic carbocycles. The largest absolute Gasteiger partial charge is 0.508 e. The molecule has 1 atom stereocenters. The molecule has 1 amide bonds. The average molecular weight is 264 g/mol. The Morgan fingerprint density at radius 1 is 1.26 bits per heavy atom. The first-order valence-electron chi connectivity index (χ1n) is 6.31. The van der Waals surface area contributed by atoms with Crippen molar-refractivity contribution < 1.29 is 14.7 Å². The lowest BCUT2D eigenvalue weighted by atomic mass is 10.0. The molecule has 0 unspecified atom stereocenters. The highest BCUT2D eigenvalue weighted by atomic mass is 16.3. The van der Waals surface area contributed by atoms with Crippen molar-refractivity contribution >= 4 is 11.7 Å². The number of rotatable bonds is 7. The Morgan fingerprint density at radius 3 is 2.42 bits per heavy atom. The fourth-order valence-electron chi connectivity index (χ4n) is 1.71. The molecule has 5 heteroatoms. The summed E-state index contributed by atoms with van der Waals surface area (Å²) in [5.41, 5.74) is 0.946. The van der Waals surface area contributed by atoms with Crippen molar-refractivity contribution in [2.45, 2.75) is 26.3 Å². The second-order valence-electron chi connectivity index (χ2n) is 4.40. The number of carbonyl (C=O) groups excluding carboxylic acids is 2. The molecule has 1 aromatic carbocycles. The maximum atomic E-state index is 11.9. The molecule has 0 saturated heterocycles. The van der Waals surface area contributed by atoms with Crippen LogP contribution in [0.4, 0.5) is 0 Å². The highest BCUT2D eigenvalue weighted by Crippen LogP contribution is 2.11. The number of aromatic hydroxyl groups is 1. The Kier molecular flexibility index (Phi) is 6.02. The minimum Gasteiger partial charge on any atom is -0.508 e. The van der Waals surface area contributed by atoms with E-state index in [4.69, 9.17) is 0 Å². The zero-order valence-corrected chi connectivity index (χ0v) is 11.3. The number of phenolic OH excluding ortho intramolecular Hbond substituents is 1. The molecule has 0 saturated carbocycles. The number of nitrogens with one attached hydrogen (secondary N) is 2. The quantitative estimate of drug-likeness (QED) is 0.674. The van der Waals surface area contributed by atoms with Crippen molar-refractivity contribution in [1.82, 2.24) is 10.6 Å². The van der Waals surface area contributed by atoms with Crippen molar-refractivity contribution in [3.8, 4) is 5.75 Å². The first-order valence-corrected chi connectivity index (χ1v) is 6.31. The fraction of sp³-hybridized carbons (Fsp3) is 0.429. The summed E-state index contributed by atoms with van der Waals surface area (Å²) >= 11 is 0. The summed E-state index contributed by atoms with van der Waals surface area (Å²) in [5, 5.41) is 14.9. The molecule has 0 bridgehead atoms. The van der Waals surface area contributed by atoms with Gasteiger partial charge in [0.25, 0.3) is 0 Å². The fourth-order valence-corrected chi connectivity index (χ4v) is 1.71. The average Bonchev–Trinajstić information content (AvgIpc) is 2.38. The third-order valence-corrected chi connectivity index (χ3v) is 2.65. The molecular weight excluding hydrogens is 244 g/mol. The normalized spacial score (nSPS) is 11.9. The van der Waals surface area contributed by atoms with Gasteiger partial charge in [0.05, 0.1) is 12.6 Å². The van der Waals surface area contributed by atoms with E-state index < -0.39 is 0 Å². The number of benzene rings is 1. The summed E-state index contributed by atoms with van der Waals surface area (Å²) in [4.78, 5) is 22.8. The molecule has 1 rings (SSSR count). The third kappa shape index (κ3) is 5.52. The monoisotopic (exact) mass is 264 g/mol. The molecule has 0 heterocycles. The smallest absolute Gasteiger partial charge is 0.237 e. The zero-order chi connectivity index (χ0) is 14.3. The van der Waals surface area contributed by atoms with Crippen LogP contribution < -0.4 is 10.6 Å². The van der Waals surface area contributed by atoms with E-state index in [9.17, 15) is 14.7 Å². The predicted octanol–water partition coefficient (Wildman–Crippen LogP) is 0.618. The van der Waals surface area contributed by atoms with E-state index in [2.05, 4.69) is 10.6 Å². The third-order valence-electron chi connectivity index (χ3n) is 2.65. The van der Waals surface area contributed by atoms with E-state index in [1.165, 1.54) is 6.92 Å². The second kappa shape index (κ2) is 7.53. The van der Waals surface area contributed by atoms with Gasteiger partial charge >= 0.3 is 0 Å². The van der Waals surface area contributed by atoms with Crippen molar-refractivity contribution in [1.29, 1.82) is 0 Å². The minimum absolute atomic E-state index is 0.0519. The van der Waals surface area contributed by atoms with E-state index in [-0.39, 0.29) is 30.0 Å². The Bertz CT molecular complexity index is 429. The van der Waals surface area contributed by atoms with E-state index in [1.807, 2.05) is 6.92 Å². The number of hydrogen-bond donors (Lipinski definition) is 3. The van der Waals surface area contributed by atoms with Crippen LogP contribution in [-0.2, 0) is 16.0 Å². The number of phenols is 1. The van der Waals surface area contributed by atoms with Crippen LogP contribution in [0.2, 0.25) is 0 Å². The van der Waals surface area contributed by atoms with Gasteiger partial charge < -0.3 is 15.7 Å². The molecule has 0 aliphatic rings. The first-order chi connectivity index (χ1) is 9.02. The number of carbonyl (C=O) groups is 2. The van der Waals surface area contributed by atoms with Crippen LogP contribution in [0.5, 0.6) is 5.75 Å². The van der Waals surface area contributed by atoms with Crippen molar-refractivity contribution in [2.24, 2.45) is 0 Å². The Labute approximate surface area is 113 Å². The molecule has 5 nitrogen and oxygen atoms in total. The summed E-state index contributed by atoms with van der Waals surface area (Å²) in [6.45, 7) is 4.07. The van der Waals surface area contributed by atoms with Gasteiger partial charge in [0.15, 0.2) is 0 Å². The molecule has 104 valence electrons. The van der Waals surface area contributed by atoms with E-state index in [1.54, 1.807) is 24.3 Å². The van der Waals surface area contributed by atoms with Gasteiger partial charge in [0, 0.05) is 0 Å². The molecule has 0 radical (unpaired) electrons. The molecule has 0 fully saturated rings. The maximum Gasteiger partial charge on any atom is 0.237 e. The number of ketones is 1. The molecule has 1 aromatic rings. The predicted molar refractivity (Wildman–Crippen MR) is 73.0 cm³/mol. The van der Waals surface area contributed by atoms with Gasteiger partial charge in [0.2, 0.25) is 5.91 Å². The highest BCUT2D eigenvalue weighted by molar-refractivity contribution is 5.87. The zero-order valence-electron chi connectivity index (χ0n) is 11.3. The Balaban J connectivity index is 2.63. The van der Waals surface area contributed by atoms with Crippen LogP contribution in [0.1, 0.15) is 19.4 Å². The molecule has 3 N–H and O–H groups in total. The lowest BCUT2D eigenvalue weighted by molar-refractivity contribution is -0.125. The van der Waals surface area contributed by atoms with Crippen LogP contribution in [0.15, 0.2) is 24.3 Å². The molecule has 0 aromatic heterocycles. The van der Waals surface area contributed by atoms with Gasteiger partial charge in [-0.3, -0.25) is 9.59 Å². The van der Waals surface area contributed by atoms with Crippen molar-refractivity contribution in [3.63, 3.8) is 0 Å². The Hall–Kier alpha value is -1.88. The summed E-state index contributed by atoms with van der Waals surface area (Å²) in [6, 6.07) is 6.35.